The number of urea groups is 1. The van der Waals surface area contributed by atoms with Gasteiger partial charge in [-0.15, -0.1) is 12.8 Å². The third kappa shape index (κ3) is 19.9. The monoisotopic (exact) mass is 778 g/mol. The summed E-state index contributed by atoms with van der Waals surface area (Å²) in [5, 5.41) is 18.9. The minimum atomic E-state index is -1.38. The maximum atomic E-state index is 12.8. The number of nitrogens with one attached hydrogen (secondary N) is 4. The number of amides is 7. The normalized spacial score (nSPS) is 13.8. The summed E-state index contributed by atoms with van der Waals surface area (Å²) in [6, 6.07) is 5.11. The molecular formula is C38H62N6O9S. The van der Waals surface area contributed by atoms with Gasteiger partial charge in [0.1, 0.15) is 12.6 Å². The molecule has 0 bridgehead atoms. The number of hydrogen-bond donors (Lipinski definition) is 7. The molecule has 7 N–H and O–H groups in total. The molecule has 0 aliphatic carbocycles. The average molecular weight is 779 g/mol. The number of carboxylic acid groups (broad SMARTS) is 1. The predicted octanol–water partition coefficient (Wildman–Crippen LogP) is 4.84. The molecule has 1 aliphatic heterocycles. The Labute approximate surface area is 326 Å². The number of imide groups is 1. The number of hydrogen-bond acceptors (Lipinski definition) is 9. The van der Waals surface area contributed by atoms with Gasteiger partial charge in [0.15, 0.2) is 0 Å². The number of rotatable bonds is 19. The highest BCUT2D eigenvalue weighted by atomic mass is 32.1. The van der Waals surface area contributed by atoms with E-state index in [1.165, 1.54) is 4.90 Å². The van der Waals surface area contributed by atoms with Gasteiger partial charge in [-0.1, -0.05) is 67.0 Å². The minimum absolute atomic E-state index is 0.113. The highest BCUT2D eigenvalue weighted by Crippen LogP contribution is 2.39. The standard InChI is InChI=1S/C30H44N4O8S.C4H10N2O.C2H6.C2H2/c1-5-30(43,6-2)22-16-25(37)34(28(22)39)15-9-7-8-10-23(35)33-26(19(3)4)27(38)31-17-24(36)32-21-13-11-20(12-14-21)18-42-29(40)41;1-2-3-6-4(5)7;2*1-2/h11-14,19,22,26,43H,5-10,15-18H2,1-4H3,(H,31,38)(H,32,36)(H,33,35)(H,40,41);2-3H2,1H3,(H3,5,6,7);1-2H3;1-2H. The van der Waals surface area contributed by atoms with Crippen molar-refractivity contribution in [1.29, 1.82) is 0 Å². The molecule has 0 spiro atoms. The zero-order chi connectivity index (χ0) is 41.9. The van der Waals surface area contributed by atoms with Crippen LogP contribution >= 0.6 is 12.6 Å². The van der Waals surface area contributed by atoms with Crippen LogP contribution in [0.25, 0.3) is 0 Å². The summed E-state index contributed by atoms with van der Waals surface area (Å²) < 4.78 is 4.00. The highest BCUT2D eigenvalue weighted by molar-refractivity contribution is 7.81. The topological polar surface area (TPSA) is 226 Å². The van der Waals surface area contributed by atoms with E-state index >= 15 is 0 Å². The number of carbonyl (C=O) groups excluding carboxylic acids is 6. The first kappa shape index (κ1) is 51.3. The maximum absolute atomic E-state index is 12.8. The molecule has 0 aromatic heterocycles. The van der Waals surface area contributed by atoms with Crippen LogP contribution in [-0.4, -0.2) is 82.2 Å². The fourth-order valence-corrected chi connectivity index (χ4v) is 5.36. The summed E-state index contributed by atoms with van der Waals surface area (Å²) in [6.45, 7) is 14.1. The summed E-state index contributed by atoms with van der Waals surface area (Å²) in [5.41, 5.74) is 5.80. The van der Waals surface area contributed by atoms with Crippen molar-refractivity contribution in [2.45, 2.75) is 117 Å². The van der Waals surface area contributed by atoms with Crippen molar-refractivity contribution >= 4 is 60.0 Å². The molecule has 2 atom stereocenters. The number of likely N-dealkylation sites (tertiary alicyclic amines) is 1. The van der Waals surface area contributed by atoms with Crippen LogP contribution in [0.1, 0.15) is 105 Å². The third-order valence-corrected chi connectivity index (χ3v) is 9.18. The van der Waals surface area contributed by atoms with Crippen molar-refractivity contribution in [3.8, 4) is 12.8 Å². The number of carbonyl (C=O) groups is 7. The SMILES string of the molecule is C#C.CC.CCC(S)(CC)C1CC(=O)N(CCCCCC(=O)NC(C(=O)NCC(=O)Nc2ccc(COC(=O)O)cc2)C(C)C)C1=O.CCCNC(N)=O. The number of benzene rings is 1. The summed E-state index contributed by atoms with van der Waals surface area (Å²) >= 11 is 4.70. The molecule has 2 unspecified atom stereocenters. The number of thiol groups is 1. The number of terminal acetylenes is 1. The lowest BCUT2D eigenvalue weighted by Crippen LogP contribution is -2.51. The predicted molar refractivity (Wildman–Crippen MR) is 212 cm³/mol. The maximum Gasteiger partial charge on any atom is 0.506 e. The van der Waals surface area contributed by atoms with Crippen LogP contribution in [0.2, 0.25) is 0 Å². The molecule has 15 nitrogen and oxygen atoms in total. The molecule has 1 aliphatic rings. The molecular weight excluding hydrogens is 717 g/mol. The van der Waals surface area contributed by atoms with Crippen LogP contribution in [0.5, 0.6) is 0 Å². The molecule has 304 valence electrons. The number of nitrogens with two attached hydrogens (primary N) is 1. The second-order valence-electron chi connectivity index (χ2n) is 12.4. The van der Waals surface area contributed by atoms with Crippen molar-refractivity contribution in [1.82, 2.24) is 20.9 Å². The van der Waals surface area contributed by atoms with Gasteiger partial charge < -0.3 is 36.8 Å². The Balaban J connectivity index is 0. The molecule has 1 fully saturated rings. The molecule has 54 heavy (non-hydrogen) atoms. The van der Waals surface area contributed by atoms with Crippen molar-refractivity contribution in [2.75, 3.05) is 25.0 Å². The van der Waals surface area contributed by atoms with Gasteiger partial charge in [-0.05, 0) is 55.7 Å². The van der Waals surface area contributed by atoms with Crippen LogP contribution in [0.4, 0.5) is 15.3 Å². The summed E-state index contributed by atoms with van der Waals surface area (Å²) in [4.78, 5) is 84.6. The molecule has 1 heterocycles. The van der Waals surface area contributed by atoms with Gasteiger partial charge in [-0.3, -0.25) is 28.9 Å². The molecule has 1 aromatic carbocycles. The second-order valence-corrected chi connectivity index (χ2v) is 13.3. The Hall–Kier alpha value is -4.78. The Morgan fingerprint density at radius 2 is 1.57 bits per heavy atom. The van der Waals surface area contributed by atoms with Crippen LogP contribution in [0, 0.1) is 24.7 Å². The van der Waals surface area contributed by atoms with E-state index in [1.807, 2.05) is 34.6 Å². The van der Waals surface area contributed by atoms with Crippen LogP contribution in [0.15, 0.2) is 24.3 Å². The zero-order valence-electron chi connectivity index (χ0n) is 32.9. The van der Waals surface area contributed by atoms with Gasteiger partial charge in [0.2, 0.25) is 29.5 Å². The van der Waals surface area contributed by atoms with Gasteiger partial charge >= 0.3 is 12.2 Å². The Morgan fingerprint density at radius 1 is 0.981 bits per heavy atom. The Kier molecular flexibility index (Phi) is 27.3. The number of unbranched alkanes of at least 4 members (excludes halogenated alkanes) is 2. The average Bonchev–Trinajstić information content (AvgIpc) is 3.45. The molecule has 0 saturated carbocycles. The van der Waals surface area contributed by atoms with Crippen molar-refractivity contribution < 1.29 is 43.4 Å². The van der Waals surface area contributed by atoms with E-state index < -0.39 is 40.7 Å². The van der Waals surface area contributed by atoms with E-state index in [0.29, 0.717) is 56.4 Å². The molecule has 0 radical (unpaired) electrons. The minimum Gasteiger partial charge on any atom is -0.450 e. The van der Waals surface area contributed by atoms with Crippen LogP contribution < -0.4 is 27.0 Å². The van der Waals surface area contributed by atoms with Gasteiger partial charge in [0.05, 0.1) is 12.5 Å². The molecule has 1 saturated heterocycles. The van der Waals surface area contributed by atoms with E-state index in [-0.39, 0.29) is 49.6 Å². The number of anilines is 1. The van der Waals surface area contributed by atoms with Crippen LogP contribution in [-0.2, 0) is 35.3 Å². The number of nitrogens with zero attached hydrogens (tertiary/aromatic N) is 1. The molecule has 2 rings (SSSR count). The van der Waals surface area contributed by atoms with Crippen molar-refractivity contribution in [2.24, 2.45) is 17.6 Å². The molecule has 7 amide bonds. The van der Waals surface area contributed by atoms with Gasteiger partial charge in [-0.25, -0.2) is 9.59 Å². The molecule has 1 aromatic rings. The van der Waals surface area contributed by atoms with E-state index in [9.17, 15) is 33.6 Å². The molecule has 16 heteroatoms. The van der Waals surface area contributed by atoms with Crippen LogP contribution in [0.3, 0.4) is 0 Å². The first-order chi connectivity index (χ1) is 25.6. The number of ether oxygens (including phenoxy) is 1. The lowest BCUT2D eigenvalue weighted by molar-refractivity contribution is -0.139. The first-order valence-corrected chi connectivity index (χ1v) is 18.8. The first-order valence-electron chi connectivity index (χ1n) is 18.3. The number of primary amides is 1. The van der Waals surface area contributed by atoms with Crippen molar-refractivity contribution in [3.63, 3.8) is 0 Å². The van der Waals surface area contributed by atoms with E-state index in [4.69, 9.17) is 23.5 Å². The van der Waals surface area contributed by atoms with Gasteiger partial charge in [0.25, 0.3) is 0 Å². The lowest BCUT2D eigenvalue weighted by atomic mass is 9.85. The van der Waals surface area contributed by atoms with E-state index in [0.717, 1.165) is 6.42 Å². The van der Waals surface area contributed by atoms with E-state index in [2.05, 4.69) is 38.9 Å². The fourth-order valence-electron chi connectivity index (χ4n) is 5.15. The fraction of sp³-hybridized carbons (Fsp3) is 0.605. The Morgan fingerprint density at radius 3 is 2.06 bits per heavy atom. The smallest absolute Gasteiger partial charge is 0.450 e. The zero-order valence-corrected chi connectivity index (χ0v) is 33.8. The third-order valence-electron chi connectivity index (χ3n) is 8.24. The Bertz CT molecular complexity index is 1350. The van der Waals surface area contributed by atoms with Gasteiger partial charge in [0, 0.05) is 36.4 Å². The summed E-state index contributed by atoms with van der Waals surface area (Å²) in [5.74, 6) is -2.23. The van der Waals surface area contributed by atoms with E-state index in [1.54, 1.807) is 38.1 Å². The lowest BCUT2D eigenvalue weighted by Gasteiger charge is -2.30. The second kappa shape index (κ2) is 28.7. The quantitative estimate of drug-likeness (QED) is 0.0335. The summed E-state index contributed by atoms with van der Waals surface area (Å²) in [7, 11) is 0. The van der Waals surface area contributed by atoms with Crippen molar-refractivity contribution in [3.05, 3.63) is 29.8 Å². The largest absolute Gasteiger partial charge is 0.506 e. The van der Waals surface area contributed by atoms with Gasteiger partial charge in [-0.2, -0.15) is 12.6 Å². The highest BCUT2D eigenvalue weighted by Gasteiger charge is 2.47. The summed E-state index contributed by atoms with van der Waals surface area (Å²) in [6.07, 6.45) is 11.1.